The number of piperidine rings is 1. The molecule has 0 aliphatic carbocycles. The summed E-state index contributed by atoms with van der Waals surface area (Å²) in [6, 6.07) is 8.18. The number of halogens is 1. The van der Waals surface area contributed by atoms with Gasteiger partial charge in [-0.05, 0) is 65.5 Å². The first kappa shape index (κ1) is 16.2. The van der Waals surface area contributed by atoms with Crippen LogP contribution in [0, 0.1) is 9.49 Å². The van der Waals surface area contributed by atoms with Crippen molar-refractivity contribution in [2.24, 2.45) is 11.7 Å². The Morgan fingerprint density at radius 2 is 2.25 bits per heavy atom. The van der Waals surface area contributed by atoms with E-state index >= 15 is 0 Å². The summed E-state index contributed by atoms with van der Waals surface area (Å²) in [6.07, 6.45) is 4.11. The third kappa shape index (κ3) is 4.41. The van der Waals surface area contributed by atoms with Crippen LogP contribution in [0.5, 0.6) is 0 Å². The maximum Gasteiger partial charge on any atom is 0.211 e. The van der Waals surface area contributed by atoms with Gasteiger partial charge in [0.15, 0.2) is 0 Å². The normalized spacial score (nSPS) is 22.6. The van der Waals surface area contributed by atoms with Crippen LogP contribution in [0.4, 0.5) is 0 Å². The Bertz CT molecular complexity index is 562. The van der Waals surface area contributed by atoms with Crippen LogP contribution in [-0.2, 0) is 10.0 Å². The fourth-order valence-electron chi connectivity index (χ4n) is 2.75. The van der Waals surface area contributed by atoms with E-state index in [2.05, 4.69) is 28.7 Å². The van der Waals surface area contributed by atoms with Crippen LogP contribution in [0.15, 0.2) is 24.3 Å². The molecule has 2 unspecified atom stereocenters. The van der Waals surface area contributed by atoms with Crippen molar-refractivity contribution in [3.63, 3.8) is 0 Å². The van der Waals surface area contributed by atoms with Crippen molar-refractivity contribution in [1.82, 2.24) is 4.31 Å². The van der Waals surface area contributed by atoms with E-state index in [1.165, 1.54) is 9.83 Å². The maximum absolute atomic E-state index is 11.6. The van der Waals surface area contributed by atoms with E-state index in [0.29, 0.717) is 19.0 Å². The second-order valence-electron chi connectivity index (χ2n) is 5.53. The summed E-state index contributed by atoms with van der Waals surface area (Å²) in [6.45, 7) is 1.25. The molecule has 0 saturated carbocycles. The lowest BCUT2D eigenvalue weighted by Gasteiger charge is -2.32. The van der Waals surface area contributed by atoms with E-state index in [1.54, 1.807) is 4.31 Å². The van der Waals surface area contributed by atoms with E-state index in [0.717, 1.165) is 24.8 Å². The quantitative estimate of drug-likeness (QED) is 0.779. The third-order valence-corrected chi connectivity index (χ3v) is 5.76. The SMILES string of the molecule is CS(=O)(=O)N1CCCC(CC(N)c2cccc(I)c2)C1. The number of hydrogen-bond acceptors (Lipinski definition) is 3. The second-order valence-corrected chi connectivity index (χ2v) is 8.75. The number of hydrogen-bond donors (Lipinski definition) is 1. The number of nitrogens with zero attached hydrogens (tertiary/aromatic N) is 1. The molecule has 2 N–H and O–H groups in total. The Kier molecular flexibility index (Phi) is 5.44. The number of benzene rings is 1. The van der Waals surface area contributed by atoms with E-state index < -0.39 is 10.0 Å². The molecule has 1 fully saturated rings. The van der Waals surface area contributed by atoms with Gasteiger partial charge in [0.1, 0.15) is 0 Å². The first-order valence-corrected chi connectivity index (χ1v) is 9.75. The fraction of sp³-hybridized carbons (Fsp3) is 0.571. The van der Waals surface area contributed by atoms with Gasteiger partial charge in [0.25, 0.3) is 0 Å². The third-order valence-electron chi connectivity index (χ3n) is 3.81. The first-order valence-electron chi connectivity index (χ1n) is 6.82. The highest BCUT2D eigenvalue weighted by Gasteiger charge is 2.27. The highest BCUT2D eigenvalue weighted by Crippen LogP contribution is 2.27. The molecule has 1 heterocycles. The molecule has 1 saturated heterocycles. The summed E-state index contributed by atoms with van der Waals surface area (Å²) in [5, 5.41) is 0. The molecule has 1 aromatic carbocycles. The van der Waals surface area contributed by atoms with Gasteiger partial charge in [-0.25, -0.2) is 12.7 Å². The molecule has 112 valence electrons. The highest BCUT2D eigenvalue weighted by atomic mass is 127. The van der Waals surface area contributed by atoms with Crippen LogP contribution in [0.3, 0.4) is 0 Å². The molecule has 6 heteroatoms. The van der Waals surface area contributed by atoms with Crippen LogP contribution in [-0.4, -0.2) is 32.1 Å². The lowest BCUT2D eigenvalue weighted by Crippen LogP contribution is -2.40. The average molecular weight is 408 g/mol. The zero-order chi connectivity index (χ0) is 14.8. The van der Waals surface area contributed by atoms with Gasteiger partial charge in [0.05, 0.1) is 6.26 Å². The summed E-state index contributed by atoms with van der Waals surface area (Å²) in [7, 11) is -3.07. The predicted octanol–water partition coefficient (Wildman–Crippen LogP) is 2.35. The van der Waals surface area contributed by atoms with Crippen LogP contribution in [0.25, 0.3) is 0 Å². The van der Waals surface area contributed by atoms with Crippen molar-refractivity contribution in [3.05, 3.63) is 33.4 Å². The molecule has 1 aliphatic rings. The first-order chi connectivity index (χ1) is 9.36. The van der Waals surface area contributed by atoms with Gasteiger partial charge in [-0.15, -0.1) is 0 Å². The number of nitrogens with two attached hydrogens (primary N) is 1. The fourth-order valence-corrected chi connectivity index (χ4v) is 4.26. The average Bonchev–Trinajstić information content (AvgIpc) is 2.38. The van der Waals surface area contributed by atoms with Gasteiger partial charge < -0.3 is 5.73 Å². The van der Waals surface area contributed by atoms with Crippen molar-refractivity contribution < 1.29 is 8.42 Å². The Balaban J connectivity index is 1.99. The predicted molar refractivity (Wildman–Crippen MR) is 89.8 cm³/mol. The molecule has 0 radical (unpaired) electrons. The molecule has 0 amide bonds. The summed E-state index contributed by atoms with van der Waals surface area (Å²) in [5.74, 6) is 0.353. The second kappa shape index (κ2) is 6.72. The minimum absolute atomic E-state index is 0.0192. The van der Waals surface area contributed by atoms with Gasteiger partial charge in [-0.1, -0.05) is 12.1 Å². The molecule has 1 aromatic rings. The molecule has 20 heavy (non-hydrogen) atoms. The standard InChI is InChI=1S/C14H21IN2O2S/c1-20(18,19)17-7-3-4-11(10-17)8-14(16)12-5-2-6-13(15)9-12/h2,5-6,9,11,14H,3-4,7-8,10,16H2,1H3. The van der Waals surface area contributed by atoms with Crippen molar-refractivity contribution in [2.75, 3.05) is 19.3 Å². The van der Waals surface area contributed by atoms with Gasteiger partial charge in [-0.2, -0.15) is 0 Å². The summed E-state index contributed by atoms with van der Waals surface area (Å²) < 4.78 is 26.0. The Morgan fingerprint density at radius 3 is 2.90 bits per heavy atom. The number of sulfonamides is 1. The summed E-state index contributed by atoms with van der Waals surface area (Å²) in [5.41, 5.74) is 7.41. The van der Waals surface area contributed by atoms with Crippen LogP contribution >= 0.6 is 22.6 Å². The van der Waals surface area contributed by atoms with Gasteiger partial charge in [0, 0.05) is 22.7 Å². The molecule has 0 spiro atoms. The molecule has 4 nitrogen and oxygen atoms in total. The van der Waals surface area contributed by atoms with E-state index in [1.807, 2.05) is 18.2 Å². The monoisotopic (exact) mass is 408 g/mol. The smallest absolute Gasteiger partial charge is 0.211 e. The maximum atomic E-state index is 11.6. The lowest BCUT2D eigenvalue weighted by molar-refractivity contribution is 0.247. The largest absolute Gasteiger partial charge is 0.324 e. The number of rotatable bonds is 4. The molecule has 2 atom stereocenters. The molecule has 0 aromatic heterocycles. The van der Waals surface area contributed by atoms with Crippen molar-refractivity contribution in [1.29, 1.82) is 0 Å². The molecule has 2 rings (SSSR count). The van der Waals surface area contributed by atoms with E-state index in [4.69, 9.17) is 5.73 Å². The molecule has 1 aliphatic heterocycles. The van der Waals surface area contributed by atoms with Gasteiger partial charge in [-0.3, -0.25) is 0 Å². The Labute approximate surface area is 134 Å². The van der Waals surface area contributed by atoms with Gasteiger partial charge in [0.2, 0.25) is 10.0 Å². The van der Waals surface area contributed by atoms with E-state index in [-0.39, 0.29) is 6.04 Å². The lowest BCUT2D eigenvalue weighted by atomic mass is 9.90. The minimum Gasteiger partial charge on any atom is -0.324 e. The topological polar surface area (TPSA) is 63.4 Å². The molecular formula is C14H21IN2O2S. The Morgan fingerprint density at radius 1 is 1.50 bits per heavy atom. The summed E-state index contributed by atoms with van der Waals surface area (Å²) in [4.78, 5) is 0. The van der Waals surface area contributed by atoms with Crippen molar-refractivity contribution >= 4 is 32.6 Å². The van der Waals surface area contributed by atoms with Gasteiger partial charge >= 0.3 is 0 Å². The van der Waals surface area contributed by atoms with Crippen molar-refractivity contribution in [3.8, 4) is 0 Å². The van der Waals surface area contributed by atoms with Crippen molar-refractivity contribution in [2.45, 2.75) is 25.3 Å². The molecular weight excluding hydrogens is 387 g/mol. The van der Waals surface area contributed by atoms with E-state index in [9.17, 15) is 8.42 Å². The molecule has 0 bridgehead atoms. The Hall–Kier alpha value is -0.180. The van der Waals surface area contributed by atoms with Crippen LogP contribution in [0.2, 0.25) is 0 Å². The zero-order valence-electron chi connectivity index (χ0n) is 11.6. The van der Waals surface area contributed by atoms with Crippen LogP contribution in [0.1, 0.15) is 30.9 Å². The summed E-state index contributed by atoms with van der Waals surface area (Å²) >= 11 is 2.28. The zero-order valence-corrected chi connectivity index (χ0v) is 14.6. The highest BCUT2D eigenvalue weighted by molar-refractivity contribution is 14.1. The minimum atomic E-state index is -3.07. The van der Waals surface area contributed by atoms with Crippen LogP contribution < -0.4 is 5.73 Å².